The number of aliphatic hydroxyl groups is 1. The van der Waals surface area contributed by atoms with Crippen LogP contribution in [0.4, 0.5) is 4.39 Å². The average Bonchev–Trinajstić information content (AvgIpc) is 3.32. The molecule has 1 fully saturated rings. The summed E-state index contributed by atoms with van der Waals surface area (Å²) in [6.45, 7) is 1.18. The van der Waals surface area contributed by atoms with E-state index < -0.39 is 0 Å². The number of aromatic nitrogens is 3. The number of hydrogen-bond donors (Lipinski definition) is 1. The number of halogens is 1. The van der Waals surface area contributed by atoms with Gasteiger partial charge in [0, 0.05) is 19.6 Å². The molecule has 22 heavy (non-hydrogen) atoms. The van der Waals surface area contributed by atoms with E-state index in [2.05, 4.69) is 10.00 Å². The van der Waals surface area contributed by atoms with Crippen LogP contribution >= 0.6 is 12.2 Å². The molecule has 0 amide bonds. The molecule has 0 bridgehead atoms. The molecule has 118 valence electrons. The molecular formula is C15H19FN4OS. The Labute approximate surface area is 133 Å². The molecule has 1 aromatic heterocycles. The van der Waals surface area contributed by atoms with Crippen molar-refractivity contribution in [1.29, 1.82) is 0 Å². The van der Waals surface area contributed by atoms with Crippen LogP contribution in [0.1, 0.15) is 24.2 Å². The van der Waals surface area contributed by atoms with Crippen LogP contribution in [-0.2, 0) is 26.9 Å². The van der Waals surface area contributed by atoms with Gasteiger partial charge in [-0.3, -0.25) is 4.90 Å². The highest BCUT2D eigenvalue weighted by Gasteiger charge is 2.29. The first-order chi connectivity index (χ1) is 10.6. The van der Waals surface area contributed by atoms with Crippen molar-refractivity contribution in [3.05, 3.63) is 46.2 Å². The molecule has 0 spiro atoms. The lowest BCUT2D eigenvalue weighted by molar-refractivity contribution is 0.185. The Morgan fingerprint density at radius 2 is 2.05 bits per heavy atom. The maximum Gasteiger partial charge on any atom is 0.198 e. The summed E-state index contributed by atoms with van der Waals surface area (Å²) < 4.78 is 17.1. The zero-order chi connectivity index (χ0) is 15.7. The summed E-state index contributed by atoms with van der Waals surface area (Å²) in [5.74, 6) is 0.337. The molecule has 3 rings (SSSR count). The monoisotopic (exact) mass is 322 g/mol. The summed E-state index contributed by atoms with van der Waals surface area (Å²) >= 11 is 5.36. The normalized spacial score (nSPS) is 14.7. The molecule has 0 radical (unpaired) electrons. The number of rotatable bonds is 6. The van der Waals surface area contributed by atoms with Crippen LogP contribution in [0, 0.1) is 10.6 Å². The van der Waals surface area contributed by atoms with Crippen molar-refractivity contribution >= 4 is 12.2 Å². The van der Waals surface area contributed by atoms with Crippen LogP contribution in [0.2, 0.25) is 0 Å². The van der Waals surface area contributed by atoms with E-state index in [1.54, 1.807) is 16.3 Å². The lowest BCUT2D eigenvalue weighted by Crippen LogP contribution is -2.29. The third-order valence-corrected chi connectivity index (χ3v) is 4.43. The van der Waals surface area contributed by atoms with Gasteiger partial charge >= 0.3 is 0 Å². The summed E-state index contributed by atoms with van der Waals surface area (Å²) in [7, 11) is 1.80. The van der Waals surface area contributed by atoms with E-state index in [1.165, 1.54) is 12.1 Å². The zero-order valence-corrected chi connectivity index (χ0v) is 13.3. The fourth-order valence-electron chi connectivity index (χ4n) is 2.49. The number of hydrogen-bond acceptors (Lipinski definition) is 4. The molecule has 5 nitrogen and oxygen atoms in total. The summed E-state index contributed by atoms with van der Waals surface area (Å²) in [5.41, 5.74) is 1.07. The van der Waals surface area contributed by atoms with Gasteiger partial charge in [0.1, 0.15) is 12.4 Å². The van der Waals surface area contributed by atoms with E-state index in [-0.39, 0.29) is 12.4 Å². The SMILES string of the molecule is Cn1c(CO)nn(CN(Cc2ccc(F)cc2)C2CC2)c1=S. The zero-order valence-electron chi connectivity index (χ0n) is 12.4. The van der Waals surface area contributed by atoms with Crippen molar-refractivity contribution in [1.82, 2.24) is 19.2 Å². The van der Waals surface area contributed by atoms with Crippen molar-refractivity contribution < 1.29 is 9.50 Å². The van der Waals surface area contributed by atoms with Crippen molar-refractivity contribution in [3.8, 4) is 0 Å². The Balaban J connectivity index is 1.77. The fourth-order valence-corrected chi connectivity index (χ4v) is 2.70. The summed E-state index contributed by atoms with van der Waals surface area (Å²) in [6.07, 6.45) is 2.32. The van der Waals surface area contributed by atoms with E-state index in [0.29, 0.717) is 23.3 Å². The van der Waals surface area contributed by atoms with Crippen molar-refractivity contribution in [2.45, 2.75) is 38.7 Å². The van der Waals surface area contributed by atoms with Crippen LogP contribution in [0.5, 0.6) is 0 Å². The van der Waals surface area contributed by atoms with Gasteiger partial charge in [0.25, 0.3) is 0 Å². The Kier molecular flexibility index (Phi) is 4.37. The van der Waals surface area contributed by atoms with Crippen molar-refractivity contribution in [2.24, 2.45) is 7.05 Å². The summed E-state index contributed by atoms with van der Waals surface area (Å²) in [6, 6.07) is 7.10. The van der Waals surface area contributed by atoms with E-state index >= 15 is 0 Å². The van der Waals surface area contributed by atoms with Gasteiger partial charge in [0.2, 0.25) is 0 Å². The lowest BCUT2D eigenvalue weighted by atomic mass is 10.2. The minimum Gasteiger partial charge on any atom is -0.388 e. The van der Waals surface area contributed by atoms with E-state index in [0.717, 1.165) is 24.9 Å². The number of aliphatic hydroxyl groups excluding tert-OH is 1. The third kappa shape index (κ3) is 3.26. The molecule has 1 heterocycles. The highest BCUT2D eigenvalue weighted by Crippen LogP contribution is 2.28. The highest BCUT2D eigenvalue weighted by molar-refractivity contribution is 7.71. The Hall–Kier alpha value is -1.57. The third-order valence-electron chi connectivity index (χ3n) is 3.95. The first-order valence-electron chi connectivity index (χ1n) is 7.30. The van der Waals surface area contributed by atoms with Gasteiger partial charge in [-0.1, -0.05) is 12.1 Å². The Morgan fingerprint density at radius 3 is 2.59 bits per heavy atom. The standard InChI is InChI=1S/C15H19FN4OS/c1-18-14(9-21)17-20(15(18)22)10-19(13-6-7-13)8-11-2-4-12(16)5-3-11/h2-5,13,21H,6-10H2,1H3. The molecule has 1 aliphatic carbocycles. The van der Waals surface area contributed by atoms with Crippen LogP contribution in [0.15, 0.2) is 24.3 Å². The quantitative estimate of drug-likeness (QED) is 0.828. The van der Waals surface area contributed by atoms with Gasteiger partial charge < -0.3 is 9.67 Å². The molecule has 0 atom stereocenters. The predicted molar refractivity (Wildman–Crippen MR) is 82.9 cm³/mol. The Bertz CT molecular complexity index is 705. The van der Waals surface area contributed by atoms with Crippen molar-refractivity contribution in [2.75, 3.05) is 0 Å². The summed E-state index contributed by atoms with van der Waals surface area (Å²) in [4.78, 5) is 2.29. The van der Waals surface area contributed by atoms with E-state index in [4.69, 9.17) is 12.2 Å². The van der Waals surface area contributed by atoms with E-state index in [9.17, 15) is 9.50 Å². The molecule has 2 aromatic rings. The second kappa shape index (κ2) is 6.28. The Morgan fingerprint density at radius 1 is 1.36 bits per heavy atom. The first kappa shape index (κ1) is 15.3. The number of nitrogens with zero attached hydrogens (tertiary/aromatic N) is 4. The smallest absolute Gasteiger partial charge is 0.198 e. The van der Waals surface area contributed by atoms with E-state index in [1.807, 2.05) is 12.1 Å². The molecule has 1 saturated carbocycles. The molecular weight excluding hydrogens is 303 g/mol. The van der Waals surface area contributed by atoms with Crippen LogP contribution in [0.25, 0.3) is 0 Å². The minimum atomic E-state index is -0.221. The minimum absolute atomic E-state index is 0.130. The van der Waals surface area contributed by atoms with Crippen molar-refractivity contribution in [3.63, 3.8) is 0 Å². The molecule has 0 unspecified atom stereocenters. The largest absolute Gasteiger partial charge is 0.388 e. The second-order valence-electron chi connectivity index (χ2n) is 5.66. The molecule has 1 aliphatic rings. The first-order valence-corrected chi connectivity index (χ1v) is 7.71. The highest BCUT2D eigenvalue weighted by atomic mass is 32.1. The van der Waals surface area contributed by atoms with Crippen LogP contribution in [0.3, 0.4) is 0 Å². The molecule has 0 aliphatic heterocycles. The van der Waals surface area contributed by atoms with Crippen LogP contribution in [-0.4, -0.2) is 30.4 Å². The second-order valence-corrected chi connectivity index (χ2v) is 6.03. The topological polar surface area (TPSA) is 46.2 Å². The van der Waals surface area contributed by atoms with Gasteiger partial charge in [0.15, 0.2) is 10.6 Å². The average molecular weight is 322 g/mol. The molecule has 7 heteroatoms. The van der Waals surface area contributed by atoms with Gasteiger partial charge in [-0.15, -0.1) is 0 Å². The van der Waals surface area contributed by atoms with Crippen LogP contribution < -0.4 is 0 Å². The van der Waals surface area contributed by atoms with Gasteiger partial charge in [-0.25, -0.2) is 9.07 Å². The maximum atomic E-state index is 13.0. The molecule has 0 saturated heterocycles. The summed E-state index contributed by atoms with van der Waals surface area (Å²) in [5, 5.41) is 13.6. The lowest BCUT2D eigenvalue weighted by Gasteiger charge is -2.21. The number of benzene rings is 1. The fraction of sp³-hybridized carbons (Fsp3) is 0.467. The van der Waals surface area contributed by atoms with Gasteiger partial charge in [0.05, 0.1) is 6.67 Å². The predicted octanol–water partition coefficient (Wildman–Crippen LogP) is 2.20. The van der Waals surface area contributed by atoms with Gasteiger partial charge in [-0.05, 0) is 42.8 Å². The van der Waals surface area contributed by atoms with Gasteiger partial charge in [-0.2, -0.15) is 5.10 Å². The maximum absolute atomic E-state index is 13.0. The molecule has 1 N–H and O–H groups in total. The molecule has 1 aromatic carbocycles.